The lowest BCUT2D eigenvalue weighted by Gasteiger charge is -2.09. The number of nitrogens with one attached hydrogen (secondary N) is 1. The Bertz CT molecular complexity index is 749. The van der Waals surface area contributed by atoms with Crippen molar-refractivity contribution in [2.24, 2.45) is 0 Å². The van der Waals surface area contributed by atoms with Gasteiger partial charge in [-0.2, -0.15) is 4.73 Å². The molecule has 114 valence electrons. The van der Waals surface area contributed by atoms with Crippen molar-refractivity contribution in [3.8, 4) is 0 Å². The van der Waals surface area contributed by atoms with E-state index < -0.39 is 29.6 Å². The van der Waals surface area contributed by atoms with Gasteiger partial charge in [-0.3, -0.25) is 9.59 Å². The first-order valence-electron chi connectivity index (χ1n) is 6.42. The van der Waals surface area contributed by atoms with Crippen LogP contribution in [0.1, 0.15) is 15.9 Å². The Morgan fingerprint density at radius 2 is 1.91 bits per heavy atom. The molecule has 2 aromatic rings. The molecule has 7 heteroatoms. The Kier molecular flexibility index (Phi) is 4.57. The van der Waals surface area contributed by atoms with Gasteiger partial charge in [0.05, 0.1) is 0 Å². The molecule has 2 rings (SSSR count). The first kappa shape index (κ1) is 15.3. The predicted molar refractivity (Wildman–Crippen MR) is 78.9 cm³/mol. The molecule has 1 amide bonds. The SMILES string of the molecule is Cc1ccc(NC(=O)COn2cccc(C(=O)O)c2=O)cc1. The minimum Gasteiger partial charge on any atom is -0.477 e. The molecule has 0 saturated heterocycles. The second kappa shape index (κ2) is 6.57. The number of hydrogen-bond donors (Lipinski definition) is 2. The number of aromatic carboxylic acids is 1. The molecule has 22 heavy (non-hydrogen) atoms. The number of aryl methyl sites for hydroxylation is 1. The van der Waals surface area contributed by atoms with Crippen molar-refractivity contribution in [2.45, 2.75) is 6.92 Å². The number of benzene rings is 1. The molecule has 0 aliphatic carbocycles. The number of amides is 1. The van der Waals surface area contributed by atoms with Crippen molar-refractivity contribution in [3.63, 3.8) is 0 Å². The van der Waals surface area contributed by atoms with Crippen molar-refractivity contribution < 1.29 is 19.5 Å². The molecule has 2 N–H and O–H groups in total. The molecular weight excluding hydrogens is 288 g/mol. The van der Waals surface area contributed by atoms with Crippen LogP contribution in [-0.2, 0) is 4.79 Å². The first-order chi connectivity index (χ1) is 10.5. The van der Waals surface area contributed by atoms with Crippen molar-refractivity contribution in [3.05, 3.63) is 64.1 Å². The summed E-state index contributed by atoms with van der Waals surface area (Å²) in [5.74, 6) is -1.82. The molecule has 0 saturated carbocycles. The van der Waals surface area contributed by atoms with E-state index in [9.17, 15) is 14.4 Å². The highest BCUT2D eigenvalue weighted by atomic mass is 16.7. The quantitative estimate of drug-likeness (QED) is 0.856. The highest BCUT2D eigenvalue weighted by Gasteiger charge is 2.11. The predicted octanol–water partition coefficient (Wildman–Crippen LogP) is 0.922. The third-order valence-electron chi connectivity index (χ3n) is 2.82. The minimum absolute atomic E-state index is 0.420. The van der Waals surface area contributed by atoms with Gasteiger partial charge < -0.3 is 15.3 Å². The van der Waals surface area contributed by atoms with Gasteiger partial charge in [0.2, 0.25) is 0 Å². The van der Waals surface area contributed by atoms with E-state index >= 15 is 0 Å². The highest BCUT2D eigenvalue weighted by Crippen LogP contribution is 2.07. The number of aromatic nitrogens is 1. The molecule has 0 spiro atoms. The van der Waals surface area contributed by atoms with Crippen LogP contribution >= 0.6 is 0 Å². The van der Waals surface area contributed by atoms with Crippen LogP contribution in [0.5, 0.6) is 0 Å². The van der Waals surface area contributed by atoms with Gasteiger partial charge in [-0.1, -0.05) is 17.7 Å². The lowest BCUT2D eigenvalue weighted by molar-refractivity contribution is -0.120. The van der Waals surface area contributed by atoms with E-state index in [2.05, 4.69) is 5.32 Å². The number of pyridine rings is 1. The average molecular weight is 302 g/mol. The number of carboxylic acids is 1. The Hall–Kier alpha value is -3.09. The smallest absolute Gasteiger partial charge is 0.341 e. The topological polar surface area (TPSA) is 97.6 Å². The summed E-state index contributed by atoms with van der Waals surface area (Å²) in [4.78, 5) is 39.3. The van der Waals surface area contributed by atoms with Crippen LogP contribution in [0.2, 0.25) is 0 Å². The third-order valence-corrected chi connectivity index (χ3v) is 2.82. The zero-order valence-electron chi connectivity index (χ0n) is 11.8. The fourth-order valence-corrected chi connectivity index (χ4v) is 1.70. The monoisotopic (exact) mass is 302 g/mol. The number of rotatable bonds is 5. The number of carbonyl (C=O) groups is 2. The van der Waals surface area contributed by atoms with Crippen LogP contribution < -0.4 is 15.7 Å². The van der Waals surface area contributed by atoms with Gasteiger partial charge in [0, 0.05) is 11.9 Å². The second-order valence-corrected chi connectivity index (χ2v) is 4.55. The standard InChI is InChI=1S/C15H14N2O5/c1-10-4-6-11(7-5-10)16-13(18)9-22-17-8-2-3-12(14(17)19)15(20)21/h2-8H,9H2,1H3,(H,16,18)(H,20,21). The lowest BCUT2D eigenvalue weighted by atomic mass is 10.2. The fraction of sp³-hybridized carbons (Fsp3) is 0.133. The van der Waals surface area contributed by atoms with Crippen LogP contribution in [-0.4, -0.2) is 28.3 Å². The molecule has 0 bridgehead atoms. The number of nitrogens with zero attached hydrogens (tertiary/aromatic N) is 1. The molecule has 0 aliphatic rings. The maximum atomic E-state index is 11.7. The van der Waals surface area contributed by atoms with Crippen LogP contribution in [0.15, 0.2) is 47.4 Å². The molecule has 7 nitrogen and oxygen atoms in total. The van der Waals surface area contributed by atoms with Crippen molar-refractivity contribution in [1.82, 2.24) is 4.73 Å². The Morgan fingerprint density at radius 1 is 1.23 bits per heavy atom. The summed E-state index contributed by atoms with van der Waals surface area (Å²) in [6.45, 7) is 1.51. The second-order valence-electron chi connectivity index (χ2n) is 4.55. The van der Waals surface area contributed by atoms with Crippen molar-refractivity contribution >= 4 is 17.6 Å². The Balaban J connectivity index is 1.99. The summed E-state index contributed by atoms with van der Waals surface area (Å²) in [6, 6.07) is 9.68. The number of carboxylic acid groups (broad SMARTS) is 1. The van der Waals surface area contributed by atoms with E-state index in [0.717, 1.165) is 16.4 Å². The summed E-state index contributed by atoms with van der Waals surface area (Å²) in [6.07, 6.45) is 1.24. The summed E-state index contributed by atoms with van der Waals surface area (Å²) in [5, 5.41) is 11.4. The van der Waals surface area contributed by atoms with E-state index in [4.69, 9.17) is 9.94 Å². The highest BCUT2D eigenvalue weighted by molar-refractivity contribution is 5.91. The molecule has 1 aromatic heterocycles. The van der Waals surface area contributed by atoms with Crippen LogP contribution in [0.4, 0.5) is 5.69 Å². The largest absolute Gasteiger partial charge is 0.477 e. The first-order valence-corrected chi connectivity index (χ1v) is 6.42. The normalized spacial score (nSPS) is 10.0. The molecule has 1 heterocycles. The third kappa shape index (κ3) is 3.72. The van der Waals surface area contributed by atoms with Gasteiger partial charge in [-0.25, -0.2) is 4.79 Å². The summed E-state index contributed by atoms with van der Waals surface area (Å²) in [5.41, 5.74) is 0.400. The summed E-state index contributed by atoms with van der Waals surface area (Å²) < 4.78 is 0.720. The zero-order valence-corrected chi connectivity index (χ0v) is 11.8. The zero-order chi connectivity index (χ0) is 16.1. The van der Waals surface area contributed by atoms with Gasteiger partial charge in [0.25, 0.3) is 11.5 Å². The molecule has 0 unspecified atom stereocenters. The van der Waals surface area contributed by atoms with Crippen LogP contribution in [0, 0.1) is 6.92 Å². The van der Waals surface area contributed by atoms with Gasteiger partial charge in [0.15, 0.2) is 6.61 Å². The molecule has 0 aliphatic heterocycles. The average Bonchev–Trinajstić information content (AvgIpc) is 2.48. The number of carbonyl (C=O) groups excluding carboxylic acids is 1. The van der Waals surface area contributed by atoms with Crippen molar-refractivity contribution in [2.75, 3.05) is 11.9 Å². The molecule has 0 atom stereocenters. The van der Waals surface area contributed by atoms with Crippen LogP contribution in [0.25, 0.3) is 0 Å². The lowest BCUT2D eigenvalue weighted by Crippen LogP contribution is -2.34. The summed E-state index contributed by atoms with van der Waals surface area (Å²) >= 11 is 0. The van der Waals surface area contributed by atoms with E-state index in [1.807, 2.05) is 19.1 Å². The Morgan fingerprint density at radius 3 is 2.55 bits per heavy atom. The van der Waals surface area contributed by atoms with Gasteiger partial charge in [-0.15, -0.1) is 0 Å². The number of hydrogen-bond acceptors (Lipinski definition) is 4. The van der Waals surface area contributed by atoms with Crippen molar-refractivity contribution in [1.29, 1.82) is 0 Å². The maximum Gasteiger partial charge on any atom is 0.341 e. The molecule has 0 fully saturated rings. The molecule has 1 aromatic carbocycles. The fourth-order valence-electron chi connectivity index (χ4n) is 1.70. The molecule has 0 radical (unpaired) electrons. The van der Waals surface area contributed by atoms with E-state index in [1.54, 1.807) is 12.1 Å². The van der Waals surface area contributed by atoms with E-state index in [0.29, 0.717) is 5.69 Å². The van der Waals surface area contributed by atoms with E-state index in [-0.39, 0.29) is 0 Å². The number of anilines is 1. The maximum absolute atomic E-state index is 11.7. The Labute approximate surface area is 125 Å². The van der Waals surface area contributed by atoms with Gasteiger partial charge in [0.1, 0.15) is 5.56 Å². The molecular formula is C15H14N2O5. The van der Waals surface area contributed by atoms with Gasteiger partial charge in [-0.05, 0) is 31.2 Å². The van der Waals surface area contributed by atoms with E-state index in [1.165, 1.54) is 12.3 Å². The van der Waals surface area contributed by atoms with Crippen LogP contribution in [0.3, 0.4) is 0 Å². The minimum atomic E-state index is -1.35. The van der Waals surface area contributed by atoms with Gasteiger partial charge >= 0.3 is 5.97 Å². The summed E-state index contributed by atoms with van der Waals surface area (Å²) in [7, 11) is 0.